The minimum absolute atomic E-state index is 0. The van der Waals surface area contributed by atoms with E-state index < -0.39 is 0 Å². The number of aryl methyl sites for hydroxylation is 1. The lowest BCUT2D eigenvalue weighted by molar-refractivity contribution is -0.116. The van der Waals surface area contributed by atoms with Crippen molar-refractivity contribution in [1.82, 2.24) is 4.98 Å². The summed E-state index contributed by atoms with van der Waals surface area (Å²) in [6.07, 6.45) is 1.12. The second kappa shape index (κ2) is 8.48. The largest absolute Gasteiger partial charge is 0.330 e. The van der Waals surface area contributed by atoms with Crippen molar-refractivity contribution in [2.24, 2.45) is 5.73 Å². The summed E-state index contributed by atoms with van der Waals surface area (Å²) in [5.74, 6) is -0.0356. The quantitative estimate of drug-likeness (QED) is 0.811. The van der Waals surface area contributed by atoms with Crippen molar-refractivity contribution < 1.29 is 4.79 Å². The Morgan fingerprint density at radius 2 is 2.05 bits per heavy atom. The standard InChI is InChI=1S/C14H16BrN3OS.ClH/c1-9-13(10-4-6-11(15)7-5-10)18-14(20-9)17-12(19)3-2-8-16;/h4-7H,2-3,8,16H2,1H3,(H,17,18,19);1H. The number of carbonyl (C=O) groups excluding carboxylic acids is 1. The monoisotopic (exact) mass is 389 g/mol. The number of nitrogens with one attached hydrogen (secondary N) is 1. The molecule has 0 bridgehead atoms. The van der Waals surface area contributed by atoms with Crippen molar-refractivity contribution in [2.45, 2.75) is 19.8 Å². The molecule has 0 radical (unpaired) electrons. The number of anilines is 1. The van der Waals surface area contributed by atoms with Gasteiger partial charge in [0.25, 0.3) is 0 Å². The average molecular weight is 391 g/mol. The highest BCUT2D eigenvalue weighted by molar-refractivity contribution is 9.10. The van der Waals surface area contributed by atoms with E-state index in [0.717, 1.165) is 20.6 Å². The van der Waals surface area contributed by atoms with Gasteiger partial charge in [0, 0.05) is 21.3 Å². The van der Waals surface area contributed by atoms with Gasteiger partial charge >= 0.3 is 0 Å². The van der Waals surface area contributed by atoms with Crippen molar-refractivity contribution in [1.29, 1.82) is 0 Å². The van der Waals surface area contributed by atoms with Crippen LogP contribution in [0.5, 0.6) is 0 Å². The Balaban J connectivity index is 0.00000220. The molecule has 21 heavy (non-hydrogen) atoms. The van der Waals surface area contributed by atoms with E-state index in [4.69, 9.17) is 5.73 Å². The highest BCUT2D eigenvalue weighted by Gasteiger charge is 2.11. The van der Waals surface area contributed by atoms with Crippen molar-refractivity contribution in [3.63, 3.8) is 0 Å². The third kappa shape index (κ3) is 5.07. The Labute approximate surface area is 142 Å². The predicted octanol–water partition coefficient (Wildman–Crippen LogP) is 3.98. The minimum atomic E-state index is -0.0356. The SMILES string of the molecule is Cc1sc(NC(=O)CCCN)nc1-c1ccc(Br)cc1.Cl. The summed E-state index contributed by atoms with van der Waals surface area (Å²) in [7, 11) is 0. The molecule has 1 amide bonds. The maximum atomic E-state index is 11.7. The normalized spacial score (nSPS) is 10.0. The fourth-order valence-corrected chi connectivity index (χ4v) is 2.89. The van der Waals surface area contributed by atoms with Crippen molar-refractivity contribution in [3.05, 3.63) is 33.6 Å². The van der Waals surface area contributed by atoms with Crippen LogP contribution in [0.4, 0.5) is 5.13 Å². The molecule has 0 unspecified atom stereocenters. The molecule has 0 saturated carbocycles. The van der Waals surface area contributed by atoms with Gasteiger partial charge in [0.05, 0.1) is 5.69 Å². The molecule has 114 valence electrons. The van der Waals surface area contributed by atoms with E-state index in [1.807, 2.05) is 31.2 Å². The van der Waals surface area contributed by atoms with Crippen LogP contribution < -0.4 is 11.1 Å². The van der Waals surface area contributed by atoms with Crippen LogP contribution in [-0.2, 0) is 4.79 Å². The van der Waals surface area contributed by atoms with E-state index in [1.165, 1.54) is 11.3 Å². The summed E-state index contributed by atoms with van der Waals surface area (Å²) in [4.78, 5) is 17.2. The number of amides is 1. The summed E-state index contributed by atoms with van der Waals surface area (Å²) < 4.78 is 1.03. The molecule has 0 spiro atoms. The van der Waals surface area contributed by atoms with E-state index in [9.17, 15) is 4.79 Å². The first-order valence-corrected chi connectivity index (χ1v) is 7.94. The highest BCUT2D eigenvalue weighted by Crippen LogP contribution is 2.31. The zero-order chi connectivity index (χ0) is 14.5. The van der Waals surface area contributed by atoms with Crippen LogP contribution in [0.1, 0.15) is 17.7 Å². The molecule has 7 heteroatoms. The van der Waals surface area contributed by atoms with Crippen molar-refractivity contribution >= 4 is 50.7 Å². The number of carbonyl (C=O) groups is 1. The first-order valence-electron chi connectivity index (χ1n) is 6.33. The number of halogens is 2. The number of aromatic nitrogens is 1. The number of benzene rings is 1. The van der Waals surface area contributed by atoms with Gasteiger partial charge < -0.3 is 11.1 Å². The molecule has 4 nitrogen and oxygen atoms in total. The smallest absolute Gasteiger partial charge is 0.226 e. The Morgan fingerprint density at radius 1 is 1.38 bits per heavy atom. The molecule has 0 atom stereocenters. The first-order chi connectivity index (χ1) is 9.60. The second-order valence-corrected chi connectivity index (χ2v) is 6.49. The van der Waals surface area contributed by atoms with Crippen LogP contribution in [0.3, 0.4) is 0 Å². The molecule has 0 fully saturated rings. The number of thiazole rings is 1. The van der Waals surface area contributed by atoms with Crippen LogP contribution in [0.15, 0.2) is 28.7 Å². The van der Waals surface area contributed by atoms with Crippen LogP contribution in [0.2, 0.25) is 0 Å². The molecule has 1 aromatic heterocycles. The lowest BCUT2D eigenvalue weighted by Crippen LogP contribution is -2.13. The minimum Gasteiger partial charge on any atom is -0.330 e. The summed E-state index contributed by atoms with van der Waals surface area (Å²) in [5.41, 5.74) is 7.35. The molecule has 2 aromatic rings. The lowest BCUT2D eigenvalue weighted by atomic mass is 10.1. The lowest BCUT2D eigenvalue weighted by Gasteiger charge is -2.00. The molecule has 1 aromatic carbocycles. The number of nitrogens with zero attached hydrogens (tertiary/aromatic N) is 1. The number of hydrogen-bond acceptors (Lipinski definition) is 4. The van der Waals surface area contributed by atoms with Gasteiger partial charge in [0.1, 0.15) is 0 Å². The van der Waals surface area contributed by atoms with Crippen LogP contribution in [-0.4, -0.2) is 17.4 Å². The second-order valence-electron chi connectivity index (χ2n) is 4.37. The highest BCUT2D eigenvalue weighted by atomic mass is 79.9. The first kappa shape index (κ1) is 18.1. The van der Waals surface area contributed by atoms with Crippen molar-refractivity contribution in [3.8, 4) is 11.3 Å². The van der Waals surface area contributed by atoms with Gasteiger partial charge in [-0.15, -0.1) is 23.7 Å². The number of hydrogen-bond donors (Lipinski definition) is 2. The van der Waals surface area contributed by atoms with E-state index >= 15 is 0 Å². The van der Waals surface area contributed by atoms with Crippen LogP contribution in [0.25, 0.3) is 11.3 Å². The van der Waals surface area contributed by atoms with Gasteiger partial charge in [-0.2, -0.15) is 0 Å². The molecule has 3 N–H and O–H groups in total. The van der Waals surface area contributed by atoms with E-state index in [2.05, 4.69) is 26.2 Å². The summed E-state index contributed by atoms with van der Waals surface area (Å²) in [6, 6.07) is 7.97. The molecule has 1 heterocycles. The van der Waals surface area contributed by atoms with E-state index in [1.54, 1.807) is 0 Å². The predicted molar refractivity (Wildman–Crippen MR) is 94.2 cm³/mol. The van der Waals surface area contributed by atoms with Gasteiger partial charge in [0.15, 0.2) is 5.13 Å². The molecule has 2 rings (SSSR count). The molecule has 0 aliphatic carbocycles. The molecular formula is C14H17BrClN3OS. The number of nitrogens with two attached hydrogens (primary N) is 1. The Kier molecular flexibility index (Phi) is 7.31. The van der Waals surface area contributed by atoms with E-state index in [-0.39, 0.29) is 18.3 Å². The summed E-state index contributed by atoms with van der Waals surface area (Å²) in [5, 5.41) is 3.46. The molecule has 0 saturated heterocycles. The maximum Gasteiger partial charge on any atom is 0.226 e. The number of rotatable bonds is 5. The fourth-order valence-electron chi connectivity index (χ4n) is 1.77. The van der Waals surface area contributed by atoms with Gasteiger partial charge in [-0.3, -0.25) is 4.79 Å². The van der Waals surface area contributed by atoms with Crippen LogP contribution in [0, 0.1) is 6.92 Å². The van der Waals surface area contributed by atoms with Crippen LogP contribution >= 0.6 is 39.7 Å². The average Bonchev–Trinajstić information content (AvgIpc) is 2.78. The molecular weight excluding hydrogens is 374 g/mol. The zero-order valence-corrected chi connectivity index (χ0v) is 14.8. The Bertz CT molecular complexity index is 601. The van der Waals surface area contributed by atoms with Gasteiger partial charge in [-0.25, -0.2) is 4.98 Å². The molecule has 0 aliphatic rings. The summed E-state index contributed by atoms with van der Waals surface area (Å²) >= 11 is 4.90. The molecule has 0 aliphatic heterocycles. The zero-order valence-electron chi connectivity index (χ0n) is 11.6. The third-order valence-corrected chi connectivity index (χ3v) is 4.18. The fraction of sp³-hybridized carbons (Fsp3) is 0.286. The maximum absolute atomic E-state index is 11.7. The van der Waals surface area contributed by atoms with Crippen molar-refractivity contribution in [2.75, 3.05) is 11.9 Å². The third-order valence-electron chi connectivity index (χ3n) is 2.77. The Hall–Kier alpha value is -0.950. The Morgan fingerprint density at radius 3 is 2.67 bits per heavy atom. The van der Waals surface area contributed by atoms with Gasteiger partial charge in [-0.05, 0) is 32.0 Å². The van der Waals surface area contributed by atoms with E-state index in [0.29, 0.717) is 24.5 Å². The van der Waals surface area contributed by atoms with Gasteiger partial charge in [0.2, 0.25) is 5.91 Å². The van der Waals surface area contributed by atoms with Gasteiger partial charge in [-0.1, -0.05) is 28.1 Å². The topological polar surface area (TPSA) is 68.0 Å². The summed E-state index contributed by atoms with van der Waals surface area (Å²) in [6.45, 7) is 2.53.